The lowest BCUT2D eigenvalue weighted by Crippen LogP contribution is -2.70. The van der Waals surface area contributed by atoms with E-state index >= 15 is 0 Å². The second-order valence-corrected chi connectivity index (χ2v) is 5.46. The predicted molar refractivity (Wildman–Crippen MR) is 69.8 cm³/mol. The van der Waals surface area contributed by atoms with Crippen molar-refractivity contribution in [1.82, 2.24) is 5.32 Å². The average molecular weight is 451 g/mol. The predicted octanol–water partition coefficient (Wildman–Crippen LogP) is 4.88. The Morgan fingerprint density at radius 1 is 0.793 bits per heavy atom. The molecule has 0 saturated carbocycles. The molecule has 0 aliphatic rings. The summed E-state index contributed by atoms with van der Waals surface area (Å²) in [5, 5.41) is -0.257. The Kier molecular flexibility index (Phi) is 6.78. The molecule has 0 saturated heterocycles. The Labute approximate surface area is 153 Å². The fraction of sp³-hybridized carbons (Fsp3) is 0.500. The van der Waals surface area contributed by atoms with Crippen LogP contribution in [0.1, 0.15) is 5.56 Å². The van der Waals surface area contributed by atoms with Crippen LogP contribution < -0.4 is 5.32 Å². The molecule has 1 amide bonds. The van der Waals surface area contributed by atoms with E-state index in [1.54, 1.807) is 0 Å². The first-order chi connectivity index (χ1) is 12.8. The lowest BCUT2D eigenvalue weighted by atomic mass is 10.1. The van der Waals surface area contributed by atoms with Gasteiger partial charge in [-0.2, -0.15) is 52.7 Å². The van der Waals surface area contributed by atoms with Crippen molar-refractivity contribution < 1.29 is 62.2 Å². The Hall–Kier alpha value is -2.19. The lowest BCUT2D eigenvalue weighted by molar-refractivity contribution is -0.394. The summed E-state index contributed by atoms with van der Waals surface area (Å²) in [6.45, 7) is -1.55. The van der Waals surface area contributed by atoms with Gasteiger partial charge in [0.2, 0.25) is 11.8 Å². The second kappa shape index (κ2) is 7.91. The van der Waals surface area contributed by atoms with Gasteiger partial charge in [0.05, 0.1) is 6.61 Å². The third kappa shape index (κ3) is 5.67. The number of alkyl halides is 12. The summed E-state index contributed by atoms with van der Waals surface area (Å²) >= 11 is 0. The normalized spacial score (nSPS) is 14.2. The van der Waals surface area contributed by atoms with Crippen molar-refractivity contribution in [2.45, 2.75) is 37.0 Å². The van der Waals surface area contributed by atoms with Crippen LogP contribution in [0.25, 0.3) is 0 Å². The van der Waals surface area contributed by atoms with Gasteiger partial charge in [0.15, 0.2) is 0 Å². The third-order valence-corrected chi connectivity index (χ3v) is 3.31. The topological polar surface area (TPSA) is 38.3 Å². The molecule has 1 rings (SSSR count). The maximum Gasteiger partial charge on any atom is 0.446 e. The van der Waals surface area contributed by atoms with E-state index in [9.17, 15) is 57.5 Å². The van der Waals surface area contributed by atoms with Crippen molar-refractivity contribution in [3.63, 3.8) is 0 Å². The molecule has 1 aromatic rings. The highest BCUT2D eigenvalue weighted by atomic mass is 19.4. The summed E-state index contributed by atoms with van der Waals surface area (Å²) in [7, 11) is 0. The molecule has 1 N–H and O–H groups in total. The Bertz CT molecular complexity index is 662. The number of benzene rings is 1. The largest absolute Gasteiger partial charge is 0.446 e. The summed E-state index contributed by atoms with van der Waals surface area (Å²) < 4.78 is 158. The van der Waals surface area contributed by atoms with Crippen molar-refractivity contribution in [3.8, 4) is 0 Å². The Balaban J connectivity index is 3.42. The highest BCUT2D eigenvalue weighted by molar-refractivity contribution is 5.81. The second-order valence-electron chi connectivity index (χ2n) is 5.46. The van der Waals surface area contributed by atoms with E-state index in [0.29, 0.717) is 0 Å². The monoisotopic (exact) mass is 451 g/mol. The number of amides is 1. The first kappa shape index (κ1) is 24.8. The van der Waals surface area contributed by atoms with Crippen molar-refractivity contribution >= 4 is 5.91 Å². The van der Waals surface area contributed by atoms with Gasteiger partial charge in [-0.25, -0.2) is 0 Å². The molecule has 15 heteroatoms. The molecule has 0 bridgehead atoms. The molecule has 0 radical (unpaired) electrons. The van der Waals surface area contributed by atoms with Crippen LogP contribution in [0.15, 0.2) is 30.3 Å². The number of halogens is 12. The molecule has 0 aliphatic carbocycles. The van der Waals surface area contributed by atoms with Gasteiger partial charge >= 0.3 is 30.4 Å². The van der Waals surface area contributed by atoms with Crippen molar-refractivity contribution in [2.24, 2.45) is 5.92 Å². The number of rotatable bonds is 5. The molecule has 0 unspecified atom stereocenters. The summed E-state index contributed by atoms with van der Waals surface area (Å²) in [6.07, 6.45) is -26.4. The van der Waals surface area contributed by atoms with E-state index in [0.717, 1.165) is 24.3 Å². The number of ether oxygens (including phenoxy) is 1. The van der Waals surface area contributed by atoms with Gasteiger partial charge in [-0.3, -0.25) is 4.79 Å². The number of hydrogen-bond acceptors (Lipinski definition) is 2. The molecule has 0 fully saturated rings. The maximum atomic E-state index is 13.2. The highest BCUT2D eigenvalue weighted by Gasteiger charge is 2.75. The summed E-state index contributed by atoms with van der Waals surface area (Å²) in [5.74, 6) is -8.79. The summed E-state index contributed by atoms with van der Waals surface area (Å²) in [4.78, 5) is 11.3. The third-order valence-electron chi connectivity index (χ3n) is 3.31. The quantitative estimate of drug-likeness (QED) is 0.512. The van der Waals surface area contributed by atoms with Crippen LogP contribution in [0.2, 0.25) is 0 Å². The maximum absolute atomic E-state index is 13.2. The van der Waals surface area contributed by atoms with Gasteiger partial charge in [0.25, 0.3) is 0 Å². The number of carbonyl (C=O) groups excluding carboxylic acids is 1. The van der Waals surface area contributed by atoms with Crippen LogP contribution in [-0.2, 0) is 16.1 Å². The number of carbonyl (C=O) groups is 1. The van der Waals surface area contributed by atoms with E-state index in [1.165, 1.54) is 6.07 Å². The van der Waals surface area contributed by atoms with Crippen LogP contribution in [-0.4, -0.2) is 36.3 Å². The van der Waals surface area contributed by atoms with Crippen molar-refractivity contribution in [3.05, 3.63) is 35.9 Å². The van der Waals surface area contributed by atoms with Gasteiger partial charge < -0.3 is 10.1 Å². The first-order valence-corrected chi connectivity index (χ1v) is 7.09. The highest BCUT2D eigenvalue weighted by Crippen LogP contribution is 2.46. The fourth-order valence-corrected chi connectivity index (χ4v) is 2.00. The number of hydrogen-bond donors (Lipinski definition) is 1. The average Bonchev–Trinajstić information content (AvgIpc) is 2.46. The molecule has 1 aromatic carbocycles. The van der Waals surface area contributed by atoms with Gasteiger partial charge in [-0.1, -0.05) is 30.3 Å². The molecule has 0 heterocycles. The molecule has 0 aromatic heterocycles. The van der Waals surface area contributed by atoms with Crippen LogP contribution in [0.5, 0.6) is 0 Å². The van der Waals surface area contributed by atoms with Crippen LogP contribution >= 0.6 is 0 Å². The van der Waals surface area contributed by atoms with E-state index in [1.807, 2.05) is 0 Å². The van der Waals surface area contributed by atoms with Crippen LogP contribution in [0, 0.1) is 5.92 Å². The lowest BCUT2D eigenvalue weighted by Gasteiger charge is -2.38. The van der Waals surface area contributed by atoms with E-state index < -0.39 is 48.9 Å². The zero-order chi connectivity index (χ0) is 22.9. The van der Waals surface area contributed by atoms with Crippen molar-refractivity contribution in [2.75, 3.05) is 0 Å². The molecule has 166 valence electrons. The minimum absolute atomic E-state index is 0.257. The standard InChI is InChI=1S/C14H9F12NO2/c15-10(16,17)8(11(18,19)20)9(28)27-12(13(21,22)23,14(24,25)26)29-6-7-4-2-1-3-5-7/h1-5,8H,6H2,(H,27,28). The summed E-state index contributed by atoms with van der Waals surface area (Å²) in [5.41, 5.74) is -6.18. The molecule has 0 aliphatic heterocycles. The Morgan fingerprint density at radius 3 is 1.55 bits per heavy atom. The molecular formula is C14H9F12NO2. The fourth-order valence-electron chi connectivity index (χ4n) is 2.00. The van der Waals surface area contributed by atoms with Gasteiger partial charge in [0, 0.05) is 0 Å². The van der Waals surface area contributed by atoms with Crippen molar-refractivity contribution in [1.29, 1.82) is 0 Å². The van der Waals surface area contributed by atoms with Gasteiger partial charge in [-0.15, -0.1) is 0 Å². The number of nitrogens with one attached hydrogen (secondary N) is 1. The van der Waals surface area contributed by atoms with E-state index in [4.69, 9.17) is 0 Å². The zero-order valence-electron chi connectivity index (χ0n) is 13.5. The molecule has 0 spiro atoms. The summed E-state index contributed by atoms with van der Waals surface area (Å²) in [6, 6.07) is 5.55. The van der Waals surface area contributed by atoms with Crippen LogP contribution in [0.3, 0.4) is 0 Å². The molecule has 3 nitrogen and oxygen atoms in total. The molecular weight excluding hydrogens is 442 g/mol. The SMILES string of the molecule is O=C(NC(OCc1ccccc1)(C(F)(F)F)C(F)(F)F)C(C(F)(F)F)C(F)(F)F. The zero-order valence-corrected chi connectivity index (χ0v) is 13.5. The first-order valence-electron chi connectivity index (χ1n) is 7.09. The minimum Gasteiger partial charge on any atom is -0.336 e. The smallest absolute Gasteiger partial charge is 0.336 e. The van der Waals surface area contributed by atoms with Crippen LogP contribution in [0.4, 0.5) is 52.7 Å². The molecule has 0 atom stereocenters. The Morgan fingerprint density at radius 2 is 1.21 bits per heavy atom. The van der Waals surface area contributed by atoms with E-state index in [2.05, 4.69) is 4.74 Å². The van der Waals surface area contributed by atoms with Gasteiger partial charge in [-0.05, 0) is 5.56 Å². The minimum atomic E-state index is -6.67. The molecule has 29 heavy (non-hydrogen) atoms. The van der Waals surface area contributed by atoms with Gasteiger partial charge in [0.1, 0.15) is 0 Å². The van der Waals surface area contributed by atoms with E-state index in [-0.39, 0.29) is 10.9 Å².